The number of sulfonamides is 1. The highest BCUT2D eigenvalue weighted by molar-refractivity contribution is 7.92. The lowest BCUT2D eigenvalue weighted by Gasteiger charge is -2.29. The molecule has 2 heterocycles. The molecule has 1 aliphatic carbocycles. The molecule has 1 N–H and O–H groups in total. The smallest absolute Gasteiger partial charge is 0.293 e. The second-order valence-electron chi connectivity index (χ2n) is 8.12. The Hall–Kier alpha value is -3.06. The maximum Gasteiger partial charge on any atom is 0.293 e. The number of anilines is 2. The van der Waals surface area contributed by atoms with E-state index in [1.807, 2.05) is 12.1 Å². The van der Waals surface area contributed by atoms with E-state index in [0.29, 0.717) is 22.9 Å². The number of aryl methyl sites for hydroxylation is 3. The van der Waals surface area contributed by atoms with Crippen LogP contribution in [0.15, 0.2) is 64.1 Å². The average molecular weight is 437 g/mol. The normalized spacial score (nSPS) is 15.8. The van der Waals surface area contributed by atoms with Crippen molar-refractivity contribution in [1.29, 1.82) is 0 Å². The number of nitrogens with one attached hydrogen (secondary N) is 1. The molecule has 1 aliphatic heterocycles. The number of furan rings is 1. The van der Waals surface area contributed by atoms with E-state index < -0.39 is 10.0 Å². The molecule has 3 aromatic rings. The summed E-state index contributed by atoms with van der Waals surface area (Å²) in [6.45, 7) is 0.604. The molecule has 2 aromatic carbocycles. The van der Waals surface area contributed by atoms with E-state index in [9.17, 15) is 13.2 Å². The Morgan fingerprint density at radius 2 is 1.71 bits per heavy atom. The quantitative estimate of drug-likeness (QED) is 0.651. The largest absolute Gasteiger partial charge is 0.459 e. The molecule has 1 amide bonds. The van der Waals surface area contributed by atoms with Gasteiger partial charge in [-0.3, -0.25) is 9.52 Å². The third kappa shape index (κ3) is 3.85. The van der Waals surface area contributed by atoms with Gasteiger partial charge in [0.2, 0.25) is 0 Å². The molecule has 7 heteroatoms. The van der Waals surface area contributed by atoms with Crippen LogP contribution in [0, 0.1) is 0 Å². The van der Waals surface area contributed by atoms with Crippen LogP contribution in [0.3, 0.4) is 0 Å². The standard InChI is InChI=1S/C24H24N2O4S/c27-24(23-8-4-14-30-23)26-13-3-7-19-15-20(10-12-22(19)26)25-31(28,29)21-11-9-17-5-1-2-6-18(17)16-21/h4,8-12,14-16,25H,1-3,5-7,13H2. The summed E-state index contributed by atoms with van der Waals surface area (Å²) in [4.78, 5) is 14.7. The van der Waals surface area contributed by atoms with Crippen LogP contribution in [0.5, 0.6) is 0 Å². The van der Waals surface area contributed by atoms with E-state index in [1.165, 1.54) is 11.8 Å². The van der Waals surface area contributed by atoms with Gasteiger partial charge in [0, 0.05) is 17.9 Å². The van der Waals surface area contributed by atoms with E-state index in [4.69, 9.17) is 4.42 Å². The molecular formula is C24H24N2O4S. The predicted octanol–water partition coefficient (Wildman–Crippen LogP) is 4.55. The van der Waals surface area contributed by atoms with Crippen molar-refractivity contribution in [2.45, 2.75) is 43.4 Å². The summed E-state index contributed by atoms with van der Waals surface area (Å²) in [5.41, 5.74) is 4.62. The Balaban J connectivity index is 1.40. The fraction of sp³-hybridized carbons (Fsp3) is 0.292. The van der Waals surface area contributed by atoms with Crippen LogP contribution in [0.2, 0.25) is 0 Å². The Labute approximate surface area is 181 Å². The summed E-state index contributed by atoms with van der Waals surface area (Å²) in [7, 11) is -3.68. The molecule has 0 bridgehead atoms. The zero-order chi connectivity index (χ0) is 21.4. The van der Waals surface area contributed by atoms with Crippen LogP contribution in [0.1, 0.15) is 46.5 Å². The van der Waals surface area contributed by atoms with E-state index in [1.54, 1.807) is 41.3 Å². The van der Waals surface area contributed by atoms with Crippen molar-refractivity contribution in [1.82, 2.24) is 0 Å². The number of rotatable bonds is 4. The van der Waals surface area contributed by atoms with Crippen molar-refractivity contribution in [3.63, 3.8) is 0 Å². The third-order valence-corrected chi connectivity index (χ3v) is 7.44. The fourth-order valence-electron chi connectivity index (χ4n) is 4.50. The molecule has 0 saturated carbocycles. The van der Waals surface area contributed by atoms with Crippen LogP contribution in [0.25, 0.3) is 0 Å². The molecule has 6 nitrogen and oxygen atoms in total. The van der Waals surface area contributed by atoms with Gasteiger partial charge in [0.25, 0.3) is 15.9 Å². The molecule has 5 rings (SSSR count). The molecule has 0 unspecified atom stereocenters. The van der Waals surface area contributed by atoms with E-state index in [2.05, 4.69) is 4.72 Å². The summed E-state index contributed by atoms with van der Waals surface area (Å²) in [6.07, 6.45) is 7.27. The lowest BCUT2D eigenvalue weighted by molar-refractivity contribution is 0.0958. The molecule has 0 saturated heterocycles. The van der Waals surface area contributed by atoms with Gasteiger partial charge in [-0.05, 0) is 97.7 Å². The zero-order valence-corrected chi connectivity index (χ0v) is 18.0. The van der Waals surface area contributed by atoms with Crippen molar-refractivity contribution in [2.24, 2.45) is 0 Å². The van der Waals surface area contributed by atoms with E-state index in [-0.39, 0.29) is 5.91 Å². The molecule has 0 spiro atoms. The maximum absolute atomic E-state index is 13.0. The summed E-state index contributed by atoms with van der Waals surface area (Å²) in [5.74, 6) is 0.110. The van der Waals surface area contributed by atoms with Gasteiger partial charge in [-0.15, -0.1) is 0 Å². The summed E-state index contributed by atoms with van der Waals surface area (Å²) < 4.78 is 34.0. The predicted molar refractivity (Wildman–Crippen MR) is 119 cm³/mol. The minimum absolute atomic E-state index is 0.187. The summed E-state index contributed by atoms with van der Waals surface area (Å²) in [6, 6.07) is 14.1. The highest BCUT2D eigenvalue weighted by Gasteiger charge is 2.26. The molecule has 0 radical (unpaired) electrons. The molecule has 0 fully saturated rings. The summed E-state index contributed by atoms with van der Waals surface area (Å²) in [5, 5.41) is 0. The van der Waals surface area contributed by atoms with Crippen molar-refractivity contribution in [3.05, 3.63) is 77.2 Å². The number of amides is 1. The maximum atomic E-state index is 13.0. The van der Waals surface area contributed by atoms with Gasteiger partial charge in [-0.25, -0.2) is 8.42 Å². The van der Waals surface area contributed by atoms with Crippen molar-refractivity contribution >= 4 is 27.3 Å². The number of carbonyl (C=O) groups excluding carboxylic acids is 1. The van der Waals surface area contributed by atoms with Crippen LogP contribution in [-0.2, 0) is 29.3 Å². The van der Waals surface area contributed by atoms with Crippen LogP contribution in [0.4, 0.5) is 11.4 Å². The van der Waals surface area contributed by atoms with Crippen LogP contribution in [-0.4, -0.2) is 20.9 Å². The van der Waals surface area contributed by atoms with Gasteiger partial charge in [-0.2, -0.15) is 0 Å². The lowest BCUT2D eigenvalue weighted by atomic mass is 9.92. The Morgan fingerprint density at radius 3 is 2.52 bits per heavy atom. The van der Waals surface area contributed by atoms with Gasteiger partial charge < -0.3 is 9.32 Å². The number of carbonyl (C=O) groups is 1. The summed E-state index contributed by atoms with van der Waals surface area (Å²) >= 11 is 0. The second-order valence-corrected chi connectivity index (χ2v) is 9.81. The number of hydrogen-bond acceptors (Lipinski definition) is 4. The monoisotopic (exact) mass is 436 g/mol. The molecule has 1 aromatic heterocycles. The Kier molecular flexibility index (Phi) is 5.06. The Morgan fingerprint density at radius 1 is 0.903 bits per heavy atom. The van der Waals surface area contributed by atoms with Crippen LogP contribution >= 0.6 is 0 Å². The minimum Gasteiger partial charge on any atom is -0.459 e. The number of benzene rings is 2. The van der Waals surface area contributed by atoms with Crippen LogP contribution < -0.4 is 9.62 Å². The lowest BCUT2D eigenvalue weighted by Crippen LogP contribution is -2.35. The van der Waals surface area contributed by atoms with Crippen molar-refractivity contribution < 1.29 is 17.6 Å². The van der Waals surface area contributed by atoms with E-state index >= 15 is 0 Å². The molecular weight excluding hydrogens is 412 g/mol. The van der Waals surface area contributed by atoms with Crippen molar-refractivity contribution in [2.75, 3.05) is 16.2 Å². The van der Waals surface area contributed by atoms with Gasteiger partial charge >= 0.3 is 0 Å². The number of fused-ring (bicyclic) bond motifs is 2. The Bertz CT molecular complexity index is 1230. The first kappa shape index (κ1) is 19.9. The molecule has 0 atom stereocenters. The molecule has 2 aliphatic rings. The van der Waals surface area contributed by atoms with Crippen molar-refractivity contribution in [3.8, 4) is 0 Å². The topological polar surface area (TPSA) is 79.6 Å². The second kappa shape index (κ2) is 7.89. The zero-order valence-electron chi connectivity index (χ0n) is 17.1. The number of hydrogen-bond donors (Lipinski definition) is 1. The third-order valence-electron chi connectivity index (χ3n) is 6.06. The fourth-order valence-corrected chi connectivity index (χ4v) is 5.60. The minimum atomic E-state index is -3.68. The van der Waals surface area contributed by atoms with Gasteiger partial charge in [0.1, 0.15) is 0 Å². The first-order chi connectivity index (χ1) is 15.0. The first-order valence-corrected chi connectivity index (χ1v) is 12.1. The molecule has 160 valence electrons. The van der Waals surface area contributed by atoms with Gasteiger partial charge in [-0.1, -0.05) is 6.07 Å². The van der Waals surface area contributed by atoms with E-state index in [0.717, 1.165) is 55.3 Å². The SMILES string of the molecule is O=C(c1ccco1)N1CCCc2cc(NS(=O)(=O)c3ccc4c(c3)CCCC4)ccc21. The number of nitrogens with zero attached hydrogens (tertiary/aromatic N) is 1. The first-order valence-electron chi connectivity index (χ1n) is 10.6. The average Bonchev–Trinajstić information content (AvgIpc) is 3.32. The van der Waals surface area contributed by atoms with Gasteiger partial charge in [0.15, 0.2) is 5.76 Å². The van der Waals surface area contributed by atoms with Gasteiger partial charge in [0.05, 0.1) is 11.2 Å². The highest BCUT2D eigenvalue weighted by atomic mass is 32.2. The molecule has 31 heavy (non-hydrogen) atoms. The highest BCUT2D eigenvalue weighted by Crippen LogP contribution is 2.32.